The van der Waals surface area contributed by atoms with Crippen LogP contribution >= 0.6 is 0 Å². The summed E-state index contributed by atoms with van der Waals surface area (Å²) in [5.41, 5.74) is 4.61. The number of nitrogens with zero attached hydrogens (tertiary/aromatic N) is 2. The fraction of sp³-hybridized carbons (Fsp3) is 0.278. The Labute approximate surface area is 135 Å². The summed E-state index contributed by atoms with van der Waals surface area (Å²) in [6, 6.07) is 13.9. The van der Waals surface area contributed by atoms with Crippen molar-refractivity contribution in [3.8, 4) is 0 Å². The highest BCUT2D eigenvalue weighted by molar-refractivity contribution is 5.97. The summed E-state index contributed by atoms with van der Waals surface area (Å²) in [6.45, 7) is 4.97. The molecular weight excluding hydrogens is 288 g/mol. The highest BCUT2D eigenvalue weighted by Crippen LogP contribution is 2.15. The molecule has 3 rings (SSSR count). The summed E-state index contributed by atoms with van der Waals surface area (Å²) in [6.07, 6.45) is 0.816. The first-order valence-electron chi connectivity index (χ1n) is 7.81. The summed E-state index contributed by atoms with van der Waals surface area (Å²) in [7, 11) is 0. The van der Waals surface area contributed by atoms with Crippen molar-refractivity contribution in [3.05, 3.63) is 59.2 Å². The van der Waals surface area contributed by atoms with E-state index in [2.05, 4.69) is 58.8 Å². The van der Waals surface area contributed by atoms with E-state index in [1.807, 2.05) is 0 Å². The molecule has 5 heteroatoms. The first kappa shape index (κ1) is 15.2. The highest BCUT2D eigenvalue weighted by Gasteiger charge is 2.07. The third-order valence-electron chi connectivity index (χ3n) is 3.92. The van der Waals surface area contributed by atoms with Gasteiger partial charge in [-0.2, -0.15) is 15.4 Å². The largest absolute Gasteiger partial charge is 0.352 e. The zero-order valence-corrected chi connectivity index (χ0v) is 13.3. The number of hydrogen-bond donors (Lipinski definition) is 2. The minimum atomic E-state index is -0.0892. The number of carbonyl (C=O) groups is 1. The van der Waals surface area contributed by atoms with Crippen LogP contribution in [0.15, 0.2) is 42.5 Å². The van der Waals surface area contributed by atoms with Crippen LogP contribution in [0.4, 0.5) is 0 Å². The number of benzene rings is 2. The van der Waals surface area contributed by atoms with Crippen molar-refractivity contribution in [1.82, 2.24) is 20.7 Å². The second-order valence-electron chi connectivity index (χ2n) is 5.93. The van der Waals surface area contributed by atoms with Crippen molar-refractivity contribution in [2.45, 2.75) is 26.2 Å². The summed E-state index contributed by atoms with van der Waals surface area (Å²) in [5.74, 6) is 0.448. The van der Waals surface area contributed by atoms with Gasteiger partial charge in [-0.3, -0.25) is 4.79 Å². The number of aromatic nitrogens is 3. The molecule has 0 unspecified atom stereocenters. The SMILES string of the molecule is CC(C)c1ccc(CCNC(=O)c2ccc3n[nH]nc3c2)cc1. The van der Waals surface area contributed by atoms with Gasteiger partial charge in [0.25, 0.3) is 5.91 Å². The first-order chi connectivity index (χ1) is 11.1. The van der Waals surface area contributed by atoms with Gasteiger partial charge in [-0.15, -0.1) is 0 Å². The van der Waals surface area contributed by atoms with Crippen molar-refractivity contribution in [3.63, 3.8) is 0 Å². The van der Waals surface area contributed by atoms with Gasteiger partial charge in [-0.25, -0.2) is 0 Å². The van der Waals surface area contributed by atoms with Gasteiger partial charge in [0.1, 0.15) is 11.0 Å². The molecular formula is C18H20N4O. The number of carbonyl (C=O) groups excluding carboxylic acids is 1. The lowest BCUT2D eigenvalue weighted by molar-refractivity contribution is 0.0954. The Hall–Kier alpha value is -2.69. The Morgan fingerprint density at radius 2 is 1.83 bits per heavy atom. The van der Waals surface area contributed by atoms with E-state index in [0.29, 0.717) is 23.5 Å². The van der Waals surface area contributed by atoms with Crippen molar-refractivity contribution < 1.29 is 4.79 Å². The van der Waals surface area contributed by atoms with Gasteiger partial charge < -0.3 is 5.32 Å². The second kappa shape index (κ2) is 6.60. The molecule has 1 amide bonds. The van der Waals surface area contributed by atoms with Gasteiger partial charge in [-0.05, 0) is 41.7 Å². The molecule has 0 radical (unpaired) electrons. The average Bonchev–Trinajstić information content (AvgIpc) is 3.02. The van der Waals surface area contributed by atoms with Crippen molar-refractivity contribution in [1.29, 1.82) is 0 Å². The smallest absolute Gasteiger partial charge is 0.251 e. The Bertz CT molecular complexity index is 805. The lowest BCUT2D eigenvalue weighted by atomic mass is 10.0. The molecule has 0 bridgehead atoms. The molecule has 0 atom stereocenters. The maximum absolute atomic E-state index is 12.2. The van der Waals surface area contributed by atoms with Crippen LogP contribution in [-0.2, 0) is 6.42 Å². The fourth-order valence-electron chi connectivity index (χ4n) is 2.47. The van der Waals surface area contributed by atoms with Crippen molar-refractivity contribution >= 4 is 16.9 Å². The molecule has 0 spiro atoms. The van der Waals surface area contributed by atoms with Crippen LogP contribution in [0.5, 0.6) is 0 Å². The zero-order chi connectivity index (χ0) is 16.2. The average molecular weight is 308 g/mol. The number of rotatable bonds is 5. The number of H-pyrrole nitrogens is 1. The molecule has 0 aliphatic heterocycles. The van der Waals surface area contributed by atoms with E-state index >= 15 is 0 Å². The third-order valence-corrected chi connectivity index (χ3v) is 3.92. The summed E-state index contributed by atoms with van der Waals surface area (Å²) < 4.78 is 0. The first-order valence-corrected chi connectivity index (χ1v) is 7.81. The standard InChI is InChI=1S/C18H20N4O/c1-12(2)14-5-3-13(4-6-14)9-10-19-18(23)15-7-8-16-17(11-15)21-22-20-16/h3-8,11-12H,9-10H2,1-2H3,(H,19,23)(H,20,21,22). The number of aromatic amines is 1. The highest BCUT2D eigenvalue weighted by atomic mass is 16.1. The van der Waals surface area contributed by atoms with E-state index in [4.69, 9.17) is 0 Å². The maximum Gasteiger partial charge on any atom is 0.251 e. The molecule has 2 N–H and O–H groups in total. The predicted molar refractivity (Wildman–Crippen MR) is 90.5 cm³/mol. The van der Waals surface area contributed by atoms with Crippen LogP contribution in [0.1, 0.15) is 41.3 Å². The molecule has 0 saturated carbocycles. The van der Waals surface area contributed by atoms with Gasteiger partial charge >= 0.3 is 0 Å². The second-order valence-corrected chi connectivity index (χ2v) is 5.93. The van der Waals surface area contributed by atoms with Crippen LogP contribution in [0.25, 0.3) is 11.0 Å². The van der Waals surface area contributed by atoms with Crippen molar-refractivity contribution in [2.75, 3.05) is 6.54 Å². The van der Waals surface area contributed by atoms with Crippen LogP contribution in [0, 0.1) is 0 Å². The van der Waals surface area contributed by atoms with Crippen LogP contribution in [0.2, 0.25) is 0 Å². The monoisotopic (exact) mass is 308 g/mol. The Morgan fingerprint density at radius 1 is 1.09 bits per heavy atom. The topological polar surface area (TPSA) is 70.7 Å². The minimum absolute atomic E-state index is 0.0892. The van der Waals surface area contributed by atoms with Crippen molar-refractivity contribution in [2.24, 2.45) is 0 Å². The van der Waals surface area contributed by atoms with E-state index < -0.39 is 0 Å². The molecule has 0 aliphatic rings. The molecule has 0 fully saturated rings. The number of hydrogen-bond acceptors (Lipinski definition) is 3. The number of fused-ring (bicyclic) bond motifs is 1. The summed E-state index contributed by atoms with van der Waals surface area (Å²) >= 11 is 0. The quantitative estimate of drug-likeness (QED) is 0.761. The fourth-order valence-corrected chi connectivity index (χ4v) is 2.47. The minimum Gasteiger partial charge on any atom is -0.352 e. The van der Waals surface area contributed by atoms with Gasteiger partial charge in [0, 0.05) is 12.1 Å². The lowest BCUT2D eigenvalue weighted by Crippen LogP contribution is -2.25. The normalized spacial score (nSPS) is 11.1. The van der Waals surface area contributed by atoms with E-state index in [9.17, 15) is 4.79 Å². The molecule has 1 heterocycles. The van der Waals surface area contributed by atoms with E-state index in [1.165, 1.54) is 11.1 Å². The molecule has 3 aromatic rings. The molecule has 5 nitrogen and oxygen atoms in total. The van der Waals surface area contributed by atoms with Crippen LogP contribution in [-0.4, -0.2) is 27.9 Å². The summed E-state index contributed by atoms with van der Waals surface area (Å²) in [4.78, 5) is 12.2. The zero-order valence-electron chi connectivity index (χ0n) is 13.3. The van der Waals surface area contributed by atoms with Crippen LogP contribution in [0.3, 0.4) is 0 Å². The lowest BCUT2D eigenvalue weighted by Gasteiger charge is -2.08. The van der Waals surface area contributed by atoms with Gasteiger partial charge in [-0.1, -0.05) is 38.1 Å². The number of nitrogens with one attached hydrogen (secondary N) is 2. The number of amides is 1. The van der Waals surface area contributed by atoms with E-state index in [1.54, 1.807) is 18.2 Å². The van der Waals surface area contributed by atoms with Gasteiger partial charge in [0.2, 0.25) is 0 Å². The molecule has 23 heavy (non-hydrogen) atoms. The van der Waals surface area contributed by atoms with Gasteiger partial charge in [0.15, 0.2) is 0 Å². The predicted octanol–water partition coefficient (Wildman–Crippen LogP) is 3.05. The Kier molecular flexibility index (Phi) is 4.37. The Morgan fingerprint density at radius 3 is 2.57 bits per heavy atom. The maximum atomic E-state index is 12.2. The van der Waals surface area contributed by atoms with Gasteiger partial charge in [0.05, 0.1) is 0 Å². The Balaban J connectivity index is 1.56. The molecule has 1 aromatic heterocycles. The molecule has 118 valence electrons. The van der Waals surface area contributed by atoms with E-state index in [0.717, 1.165) is 11.9 Å². The molecule has 0 saturated heterocycles. The van der Waals surface area contributed by atoms with E-state index in [-0.39, 0.29) is 5.91 Å². The summed E-state index contributed by atoms with van der Waals surface area (Å²) in [5, 5.41) is 13.5. The third kappa shape index (κ3) is 3.56. The van der Waals surface area contributed by atoms with Crippen LogP contribution < -0.4 is 5.32 Å². The molecule has 0 aliphatic carbocycles. The molecule has 2 aromatic carbocycles.